The Balaban J connectivity index is 1.84. The van der Waals surface area contributed by atoms with E-state index >= 15 is 0 Å². The van der Waals surface area contributed by atoms with Crippen LogP contribution in [0.1, 0.15) is 67.7 Å². The van der Waals surface area contributed by atoms with Crippen molar-refractivity contribution in [3.8, 4) is 5.69 Å². The number of halogens is 3. The lowest BCUT2D eigenvalue weighted by molar-refractivity contribution is -0.137. The minimum atomic E-state index is -4.49. The first-order valence-corrected chi connectivity index (χ1v) is 12.2. The van der Waals surface area contributed by atoms with E-state index in [2.05, 4.69) is 5.32 Å². The molecule has 37 heavy (non-hydrogen) atoms. The fourth-order valence-corrected chi connectivity index (χ4v) is 3.66. The molecule has 0 aliphatic rings. The topological polar surface area (TPSA) is 67.2 Å². The Morgan fingerprint density at radius 2 is 1.62 bits per heavy atom. The fraction of sp³-hybridized carbons (Fsp3) is 0.393. The first-order chi connectivity index (χ1) is 17.3. The zero-order valence-corrected chi connectivity index (χ0v) is 21.8. The van der Waals surface area contributed by atoms with Gasteiger partial charge in [-0.2, -0.15) is 18.3 Å². The molecule has 0 atom stereocenters. The monoisotopic (exact) mass is 514 g/mol. The number of alkyl halides is 3. The maximum absolute atomic E-state index is 13.1. The quantitative estimate of drug-likeness (QED) is 0.379. The second-order valence-corrected chi connectivity index (χ2v) is 10.1. The Morgan fingerprint density at radius 1 is 1.00 bits per heavy atom. The van der Waals surface area contributed by atoms with Gasteiger partial charge in [0.25, 0.3) is 5.91 Å². The summed E-state index contributed by atoms with van der Waals surface area (Å²) in [4.78, 5) is 27.6. The van der Waals surface area contributed by atoms with E-state index in [9.17, 15) is 22.8 Å². The molecule has 0 aliphatic carbocycles. The molecule has 3 aromatic rings. The number of aryl methyl sites for hydroxylation is 1. The van der Waals surface area contributed by atoms with E-state index in [1.165, 1.54) is 4.90 Å². The second-order valence-electron chi connectivity index (χ2n) is 10.1. The summed E-state index contributed by atoms with van der Waals surface area (Å²) in [5, 5.41) is 7.58. The fourth-order valence-electron chi connectivity index (χ4n) is 3.66. The van der Waals surface area contributed by atoms with Crippen molar-refractivity contribution in [2.24, 2.45) is 0 Å². The zero-order valence-electron chi connectivity index (χ0n) is 21.8. The molecular formula is C28H33F3N4O2. The van der Waals surface area contributed by atoms with Gasteiger partial charge in [-0.25, -0.2) is 4.68 Å². The van der Waals surface area contributed by atoms with Gasteiger partial charge in [0.05, 0.1) is 16.9 Å². The van der Waals surface area contributed by atoms with Crippen LogP contribution < -0.4 is 5.32 Å². The Morgan fingerprint density at radius 3 is 2.16 bits per heavy atom. The average molecular weight is 515 g/mol. The number of nitrogens with zero attached hydrogens (tertiary/aromatic N) is 3. The predicted octanol–water partition coefficient (Wildman–Crippen LogP) is 6.38. The molecule has 0 unspecified atom stereocenters. The lowest BCUT2D eigenvalue weighted by Gasteiger charge is -2.22. The third kappa shape index (κ3) is 7.21. The van der Waals surface area contributed by atoms with Crippen LogP contribution in [-0.4, -0.2) is 39.6 Å². The van der Waals surface area contributed by atoms with Crippen molar-refractivity contribution in [2.75, 3.05) is 18.4 Å². The molecule has 0 radical (unpaired) electrons. The molecule has 2 aromatic carbocycles. The molecule has 1 N–H and O–H groups in total. The second kappa shape index (κ2) is 11.2. The van der Waals surface area contributed by atoms with E-state index in [0.29, 0.717) is 18.8 Å². The van der Waals surface area contributed by atoms with E-state index in [1.54, 1.807) is 4.68 Å². The largest absolute Gasteiger partial charge is 0.416 e. The summed E-state index contributed by atoms with van der Waals surface area (Å²) >= 11 is 0. The van der Waals surface area contributed by atoms with Gasteiger partial charge in [-0.05, 0) is 49.7 Å². The van der Waals surface area contributed by atoms with E-state index in [-0.39, 0.29) is 17.5 Å². The molecule has 3 rings (SSSR count). The number of aromatic nitrogens is 2. The Bertz CT molecular complexity index is 1220. The van der Waals surface area contributed by atoms with Crippen LogP contribution >= 0.6 is 0 Å². The van der Waals surface area contributed by atoms with Crippen LogP contribution in [0.3, 0.4) is 0 Å². The number of benzene rings is 2. The van der Waals surface area contributed by atoms with Crippen LogP contribution in [-0.2, 0) is 16.4 Å². The van der Waals surface area contributed by atoms with Crippen molar-refractivity contribution in [3.05, 3.63) is 77.0 Å². The van der Waals surface area contributed by atoms with Crippen LogP contribution in [0.15, 0.2) is 54.6 Å². The molecule has 6 nitrogen and oxygen atoms in total. The Kier molecular flexibility index (Phi) is 8.46. The van der Waals surface area contributed by atoms with Crippen LogP contribution in [0.25, 0.3) is 5.69 Å². The summed E-state index contributed by atoms with van der Waals surface area (Å²) in [5.74, 6) is -0.457. The normalized spacial score (nSPS) is 11.9. The number of carbonyl (C=O) groups excluding carboxylic acids is 2. The van der Waals surface area contributed by atoms with Gasteiger partial charge in [-0.3, -0.25) is 9.59 Å². The summed E-state index contributed by atoms with van der Waals surface area (Å²) in [5.41, 5.74) is 1.65. The third-order valence-corrected chi connectivity index (χ3v) is 5.89. The molecule has 2 amide bonds. The summed E-state index contributed by atoms with van der Waals surface area (Å²) in [6, 6.07) is 13.6. The molecule has 1 aromatic heterocycles. The molecule has 0 saturated carbocycles. The maximum atomic E-state index is 13.1. The summed E-state index contributed by atoms with van der Waals surface area (Å²) in [6.45, 7) is 10.1. The van der Waals surface area contributed by atoms with Crippen molar-refractivity contribution in [1.82, 2.24) is 14.7 Å². The summed E-state index contributed by atoms with van der Waals surface area (Å²) in [6.07, 6.45) is -3.06. The van der Waals surface area contributed by atoms with Crippen molar-refractivity contribution in [3.63, 3.8) is 0 Å². The molecule has 1 heterocycles. The molecule has 0 saturated heterocycles. The first-order valence-electron chi connectivity index (χ1n) is 12.2. The van der Waals surface area contributed by atoms with Gasteiger partial charge >= 0.3 is 6.18 Å². The summed E-state index contributed by atoms with van der Waals surface area (Å²) in [7, 11) is 0. The highest BCUT2D eigenvalue weighted by molar-refractivity contribution is 5.99. The van der Waals surface area contributed by atoms with Crippen LogP contribution in [0.4, 0.5) is 19.0 Å². The standard InChI is InChI=1S/C28H33F3N4O2/c1-6-7-16-34(26(37)20-10-12-21(13-11-20)28(29,30)31)18-25(36)32-24-17-23(27(3,4)5)33-35(24)22-14-8-19(2)9-15-22/h8-15,17H,6-7,16,18H2,1-5H3,(H,32,36). The van der Waals surface area contributed by atoms with Gasteiger partial charge in [-0.15, -0.1) is 0 Å². The van der Waals surface area contributed by atoms with Crippen molar-refractivity contribution in [1.29, 1.82) is 0 Å². The first kappa shape index (κ1) is 28.0. The van der Waals surface area contributed by atoms with Crippen molar-refractivity contribution in [2.45, 2.75) is 59.1 Å². The van der Waals surface area contributed by atoms with Gasteiger partial charge < -0.3 is 10.2 Å². The van der Waals surface area contributed by atoms with Crippen LogP contribution in [0.2, 0.25) is 0 Å². The number of amides is 2. The molecule has 0 bridgehead atoms. The number of hydrogen-bond acceptors (Lipinski definition) is 3. The number of nitrogens with one attached hydrogen (secondary N) is 1. The molecule has 198 valence electrons. The van der Waals surface area contributed by atoms with Gasteiger partial charge in [0.1, 0.15) is 12.4 Å². The van der Waals surface area contributed by atoms with E-state index < -0.39 is 23.6 Å². The van der Waals surface area contributed by atoms with E-state index in [4.69, 9.17) is 5.10 Å². The highest BCUT2D eigenvalue weighted by Crippen LogP contribution is 2.29. The molecule has 0 fully saturated rings. The predicted molar refractivity (Wildman–Crippen MR) is 138 cm³/mol. The lowest BCUT2D eigenvalue weighted by Crippen LogP contribution is -2.39. The van der Waals surface area contributed by atoms with Gasteiger partial charge in [-0.1, -0.05) is 51.8 Å². The number of unbranched alkanes of at least 4 members (excludes halogenated alkanes) is 1. The SMILES string of the molecule is CCCCN(CC(=O)Nc1cc(C(C)(C)C)nn1-c1ccc(C)cc1)C(=O)c1ccc(C(F)(F)F)cc1. The Hall–Kier alpha value is -3.62. The van der Waals surface area contributed by atoms with E-state index in [0.717, 1.165) is 47.6 Å². The third-order valence-electron chi connectivity index (χ3n) is 5.89. The van der Waals surface area contributed by atoms with Crippen molar-refractivity contribution >= 4 is 17.6 Å². The van der Waals surface area contributed by atoms with E-state index in [1.807, 2.05) is 65.0 Å². The molecular weight excluding hydrogens is 481 g/mol. The maximum Gasteiger partial charge on any atom is 0.416 e. The van der Waals surface area contributed by atoms with Gasteiger partial charge in [0.15, 0.2) is 0 Å². The number of rotatable bonds is 8. The van der Waals surface area contributed by atoms with Gasteiger partial charge in [0.2, 0.25) is 5.91 Å². The zero-order chi connectivity index (χ0) is 27.4. The number of carbonyl (C=O) groups is 2. The minimum Gasteiger partial charge on any atom is -0.329 e. The highest BCUT2D eigenvalue weighted by atomic mass is 19.4. The summed E-state index contributed by atoms with van der Waals surface area (Å²) < 4.78 is 40.4. The average Bonchev–Trinajstić information content (AvgIpc) is 3.25. The highest BCUT2D eigenvalue weighted by Gasteiger charge is 2.30. The smallest absolute Gasteiger partial charge is 0.329 e. The molecule has 0 spiro atoms. The Labute approximate surface area is 215 Å². The minimum absolute atomic E-state index is 0.0941. The lowest BCUT2D eigenvalue weighted by atomic mass is 9.92. The van der Waals surface area contributed by atoms with Crippen LogP contribution in [0.5, 0.6) is 0 Å². The van der Waals surface area contributed by atoms with Gasteiger partial charge in [0, 0.05) is 23.6 Å². The molecule has 9 heteroatoms. The number of hydrogen-bond donors (Lipinski definition) is 1. The number of anilines is 1. The molecule has 0 aliphatic heterocycles. The van der Waals surface area contributed by atoms with Crippen molar-refractivity contribution < 1.29 is 22.8 Å². The van der Waals surface area contributed by atoms with Crippen LogP contribution in [0, 0.1) is 6.92 Å².